The molecule has 206 valence electrons. The Kier molecular flexibility index (Phi) is 7.68. The van der Waals surface area contributed by atoms with Crippen molar-refractivity contribution in [3.8, 4) is 22.7 Å². The van der Waals surface area contributed by atoms with Gasteiger partial charge in [-0.3, -0.25) is 9.48 Å². The zero-order chi connectivity index (χ0) is 28.4. The van der Waals surface area contributed by atoms with E-state index < -0.39 is 12.0 Å². The zero-order valence-corrected chi connectivity index (χ0v) is 22.8. The highest BCUT2D eigenvalue weighted by Crippen LogP contribution is 2.37. The smallest absolute Gasteiger partial charge is 0.248 e. The number of benzene rings is 3. The molecule has 0 bridgehead atoms. The van der Waals surface area contributed by atoms with E-state index in [1.54, 1.807) is 22.9 Å². The fourth-order valence-electron chi connectivity index (χ4n) is 5.10. The Bertz CT molecular complexity index is 1660. The molecule has 5 aromatic rings. The first-order valence-corrected chi connectivity index (χ1v) is 13.3. The van der Waals surface area contributed by atoms with Crippen molar-refractivity contribution in [2.75, 3.05) is 13.2 Å². The fraction of sp³-hybridized carbons (Fsp3) is 0.258. The Morgan fingerprint density at radius 3 is 2.52 bits per heavy atom. The molecule has 1 atom stereocenters. The van der Waals surface area contributed by atoms with Crippen molar-refractivity contribution in [1.82, 2.24) is 19.6 Å². The van der Waals surface area contributed by atoms with Crippen LogP contribution >= 0.6 is 0 Å². The summed E-state index contributed by atoms with van der Waals surface area (Å²) in [7, 11) is 0. The van der Waals surface area contributed by atoms with E-state index in [0.717, 1.165) is 39.0 Å². The van der Waals surface area contributed by atoms with Gasteiger partial charge in [-0.1, -0.05) is 56.3 Å². The standard InChI is InChI=1S/C31H33N5O4/c1-19(2)29-20(3)36(26-13-12-22(31(32)39)16-28(26)40-15-14-37)34-30(29)23-10-7-11-25-24(23)17-35(33-25)18-27(38)21-8-5-4-6-9-21/h4-13,16-17,19,27,37-38H,14-15,18H2,1-3H3,(H2,32,39). The zero-order valence-electron chi connectivity index (χ0n) is 22.8. The molecular formula is C31H33N5O4. The molecule has 3 aromatic carbocycles. The number of nitrogens with zero attached hydrogens (tertiary/aromatic N) is 4. The second kappa shape index (κ2) is 11.3. The van der Waals surface area contributed by atoms with Crippen LogP contribution in [0.15, 0.2) is 72.9 Å². The number of rotatable bonds is 10. The molecule has 4 N–H and O–H groups in total. The van der Waals surface area contributed by atoms with Crippen molar-refractivity contribution in [1.29, 1.82) is 0 Å². The number of aliphatic hydroxyl groups is 2. The van der Waals surface area contributed by atoms with Crippen LogP contribution in [-0.2, 0) is 6.54 Å². The van der Waals surface area contributed by atoms with E-state index in [0.29, 0.717) is 23.5 Å². The molecule has 0 radical (unpaired) electrons. The molecule has 0 aliphatic carbocycles. The summed E-state index contributed by atoms with van der Waals surface area (Å²) in [6.45, 7) is 6.45. The molecule has 0 spiro atoms. The normalized spacial score (nSPS) is 12.2. The van der Waals surface area contributed by atoms with Crippen molar-refractivity contribution in [3.63, 3.8) is 0 Å². The van der Waals surface area contributed by atoms with E-state index in [-0.39, 0.29) is 19.1 Å². The number of aromatic nitrogens is 4. The number of hydrogen-bond acceptors (Lipinski definition) is 6. The van der Waals surface area contributed by atoms with Crippen LogP contribution in [0.25, 0.3) is 27.8 Å². The minimum Gasteiger partial charge on any atom is -0.489 e. The van der Waals surface area contributed by atoms with Gasteiger partial charge in [0.25, 0.3) is 0 Å². The van der Waals surface area contributed by atoms with Crippen molar-refractivity contribution in [3.05, 3.63) is 95.3 Å². The molecule has 0 aliphatic heterocycles. The number of carbonyl (C=O) groups excluding carboxylic acids is 1. The minimum absolute atomic E-state index is 0.0623. The SMILES string of the molecule is Cc1c(C(C)C)c(-c2cccc3nn(CC(O)c4ccccc4)cc23)nn1-c1ccc(C(N)=O)cc1OCCO. The summed E-state index contributed by atoms with van der Waals surface area (Å²) in [5.74, 6) is -0.0124. The van der Waals surface area contributed by atoms with E-state index in [1.165, 1.54) is 0 Å². The number of amides is 1. The third-order valence-electron chi connectivity index (χ3n) is 6.96. The third kappa shape index (κ3) is 5.21. The van der Waals surface area contributed by atoms with Gasteiger partial charge in [0, 0.05) is 34.0 Å². The van der Waals surface area contributed by atoms with Crippen LogP contribution < -0.4 is 10.5 Å². The topological polar surface area (TPSA) is 128 Å². The summed E-state index contributed by atoms with van der Waals surface area (Å²) in [6, 6.07) is 20.4. The predicted molar refractivity (Wildman–Crippen MR) is 154 cm³/mol. The summed E-state index contributed by atoms with van der Waals surface area (Å²) in [6.07, 6.45) is 1.26. The van der Waals surface area contributed by atoms with E-state index >= 15 is 0 Å². The monoisotopic (exact) mass is 539 g/mol. The highest BCUT2D eigenvalue weighted by molar-refractivity contribution is 5.95. The Morgan fingerprint density at radius 1 is 1.05 bits per heavy atom. The maximum absolute atomic E-state index is 11.8. The molecule has 1 unspecified atom stereocenters. The average molecular weight is 540 g/mol. The molecule has 9 heteroatoms. The highest BCUT2D eigenvalue weighted by atomic mass is 16.5. The van der Waals surface area contributed by atoms with Crippen LogP contribution in [0.2, 0.25) is 0 Å². The van der Waals surface area contributed by atoms with Gasteiger partial charge in [-0.05, 0) is 42.7 Å². The van der Waals surface area contributed by atoms with Crippen LogP contribution in [0.1, 0.15) is 53.0 Å². The van der Waals surface area contributed by atoms with Gasteiger partial charge < -0.3 is 20.7 Å². The Balaban J connectivity index is 1.61. The molecule has 40 heavy (non-hydrogen) atoms. The quantitative estimate of drug-likeness (QED) is 0.239. The first-order valence-electron chi connectivity index (χ1n) is 13.3. The van der Waals surface area contributed by atoms with Crippen LogP contribution in [-0.4, -0.2) is 48.9 Å². The second-order valence-corrected chi connectivity index (χ2v) is 10.0. The largest absolute Gasteiger partial charge is 0.489 e. The van der Waals surface area contributed by atoms with Crippen molar-refractivity contribution in [2.24, 2.45) is 5.73 Å². The molecule has 0 fully saturated rings. The van der Waals surface area contributed by atoms with Gasteiger partial charge in [0.05, 0.1) is 30.5 Å². The molecular weight excluding hydrogens is 506 g/mol. The van der Waals surface area contributed by atoms with Crippen molar-refractivity contribution >= 4 is 16.8 Å². The molecule has 2 aromatic heterocycles. The molecule has 0 saturated heterocycles. The highest BCUT2D eigenvalue weighted by Gasteiger charge is 2.24. The maximum Gasteiger partial charge on any atom is 0.248 e. The number of carbonyl (C=O) groups is 1. The van der Waals surface area contributed by atoms with E-state index in [4.69, 9.17) is 20.7 Å². The second-order valence-electron chi connectivity index (χ2n) is 10.0. The lowest BCUT2D eigenvalue weighted by atomic mass is 9.95. The summed E-state index contributed by atoms with van der Waals surface area (Å²) in [5.41, 5.74) is 11.8. The van der Waals surface area contributed by atoms with Gasteiger partial charge >= 0.3 is 0 Å². The number of primary amides is 1. The van der Waals surface area contributed by atoms with Crippen LogP contribution in [0.3, 0.4) is 0 Å². The number of fused-ring (bicyclic) bond motifs is 1. The van der Waals surface area contributed by atoms with E-state index in [9.17, 15) is 15.0 Å². The number of hydrogen-bond donors (Lipinski definition) is 3. The number of aliphatic hydroxyl groups excluding tert-OH is 2. The number of ether oxygens (including phenoxy) is 1. The first kappa shape index (κ1) is 27.1. The summed E-state index contributed by atoms with van der Waals surface area (Å²) < 4.78 is 9.38. The third-order valence-corrected chi connectivity index (χ3v) is 6.96. The van der Waals surface area contributed by atoms with E-state index in [2.05, 4.69) is 13.8 Å². The summed E-state index contributed by atoms with van der Waals surface area (Å²) in [4.78, 5) is 11.8. The van der Waals surface area contributed by atoms with Crippen molar-refractivity contribution < 1.29 is 19.7 Å². The fourth-order valence-corrected chi connectivity index (χ4v) is 5.10. The maximum atomic E-state index is 11.8. The molecule has 0 saturated carbocycles. The summed E-state index contributed by atoms with van der Waals surface area (Å²) >= 11 is 0. The molecule has 0 aliphatic rings. The molecule has 1 amide bonds. The van der Waals surface area contributed by atoms with Gasteiger partial charge in [-0.15, -0.1) is 0 Å². The van der Waals surface area contributed by atoms with Crippen LogP contribution in [0.5, 0.6) is 5.75 Å². The Hall–Kier alpha value is -4.47. The minimum atomic E-state index is -0.688. The van der Waals surface area contributed by atoms with Crippen molar-refractivity contribution in [2.45, 2.75) is 39.3 Å². The lowest BCUT2D eigenvalue weighted by Crippen LogP contribution is -2.13. The lowest BCUT2D eigenvalue weighted by Gasteiger charge is -2.14. The molecule has 5 rings (SSSR count). The van der Waals surface area contributed by atoms with Crippen LogP contribution in [0, 0.1) is 6.92 Å². The average Bonchev–Trinajstić information content (AvgIpc) is 3.52. The lowest BCUT2D eigenvalue weighted by molar-refractivity contribution is 0.0999. The first-order chi connectivity index (χ1) is 19.3. The Labute approximate surface area is 232 Å². The summed E-state index contributed by atoms with van der Waals surface area (Å²) in [5, 5.41) is 30.8. The Morgan fingerprint density at radius 2 is 1.82 bits per heavy atom. The molecule has 9 nitrogen and oxygen atoms in total. The predicted octanol–water partition coefficient (Wildman–Crippen LogP) is 4.52. The van der Waals surface area contributed by atoms with Gasteiger partial charge in [0.2, 0.25) is 5.91 Å². The van der Waals surface area contributed by atoms with Crippen LogP contribution in [0.4, 0.5) is 0 Å². The van der Waals surface area contributed by atoms with E-state index in [1.807, 2.05) is 66.3 Å². The van der Waals surface area contributed by atoms with Gasteiger partial charge in [-0.25, -0.2) is 4.68 Å². The van der Waals surface area contributed by atoms with Gasteiger partial charge in [0.1, 0.15) is 18.0 Å². The molecule has 2 heterocycles. The van der Waals surface area contributed by atoms with Gasteiger partial charge in [-0.2, -0.15) is 10.2 Å². The number of nitrogens with two attached hydrogens (primary N) is 1. The van der Waals surface area contributed by atoms with Gasteiger partial charge in [0.15, 0.2) is 0 Å².